The number of carbonyl (C=O) groups is 2. The number of hydrogen-bond acceptors (Lipinski definition) is 6. The Balaban J connectivity index is 1.45. The van der Waals surface area contributed by atoms with Crippen molar-refractivity contribution < 1.29 is 24.2 Å². The molecule has 3 heterocycles. The van der Waals surface area contributed by atoms with E-state index < -0.39 is 6.61 Å². The van der Waals surface area contributed by atoms with Crippen molar-refractivity contribution in [3.05, 3.63) is 76.2 Å². The molecule has 2 aromatic carbocycles. The van der Waals surface area contributed by atoms with E-state index in [-0.39, 0.29) is 34.9 Å². The number of benzene rings is 2. The number of likely N-dealkylation sites (tertiary alicyclic amines) is 1. The number of rotatable bonds is 9. The number of hydrogen-bond donors (Lipinski definition) is 2. The molecule has 1 aliphatic heterocycles. The van der Waals surface area contributed by atoms with Gasteiger partial charge in [0, 0.05) is 38.1 Å². The molecule has 40 heavy (non-hydrogen) atoms. The number of aliphatic hydroxyl groups excluding tert-OH is 1. The normalized spacial score (nSPS) is 14.1. The summed E-state index contributed by atoms with van der Waals surface area (Å²) >= 11 is 0. The molecule has 0 atom stereocenters. The predicted molar refractivity (Wildman–Crippen MR) is 151 cm³/mol. The van der Waals surface area contributed by atoms with E-state index in [1.165, 1.54) is 7.11 Å². The summed E-state index contributed by atoms with van der Waals surface area (Å²) in [7, 11) is 3.23. The molecular formula is C30H34N4O6. The Morgan fingerprint density at radius 2 is 1.75 bits per heavy atom. The quantitative estimate of drug-likeness (QED) is 0.312. The molecule has 1 saturated heterocycles. The molecule has 2 N–H and O–H groups in total. The van der Waals surface area contributed by atoms with Crippen LogP contribution in [0, 0.1) is 0 Å². The monoisotopic (exact) mass is 546 g/mol. The highest BCUT2D eigenvalue weighted by Crippen LogP contribution is 2.34. The van der Waals surface area contributed by atoms with Gasteiger partial charge in [-0.1, -0.05) is 48.5 Å². The molecule has 2 amide bonds. The van der Waals surface area contributed by atoms with Gasteiger partial charge in [-0.05, 0) is 24.5 Å². The fraction of sp³-hybridized carbons (Fsp3) is 0.367. The van der Waals surface area contributed by atoms with Crippen molar-refractivity contribution in [3.63, 3.8) is 0 Å². The average Bonchev–Trinajstić information content (AvgIpc) is 3.29. The smallest absolute Gasteiger partial charge is 0.272 e. The molecule has 4 aromatic rings. The number of methoxy groups -OCH3 is 1. The van der Waals surface area contributed by atoms with E-state index in [1.807, 2.05) is 54.6 Å². The fourth-order valence-corrected chi connectivity index (χ4v) is 5.55. The van der Waals surface area contributed by atoms with E-state index in [0.717, 1.165) is 16.5 Å². The third kappa shape index (κ3) is 5.20. The van der Waals surface area contributed by atoms with Gasteiger partial charge < -0.3 is 33.9 Å². The molecule has 0 aliphatic carbocycles. The number of fused-ring (bicyclic) bond motifs is 3. The molecule has 10 nitrogen and oxygen atoms in total. The van der Waals surface area contributed by atoms with Crippen molar-refractivity contribution in [2.45, 2.75) is 32.0 Å². The third-order valence-corrected chi connectivity index (χ3v) is 7.57. The van der Waals surface area contributed by atoms with E-state index in [0.29, 0.717) is 56.6 Å². The van der Waals surface area contributed by atoms with Gasteiger partial charge in [0.25, 0.3) is 11.5 Å². The van der Waals surface area contributed by atoms with Crippen molar-refractivity contribution in [3.8, 4) is 5.75 Å². The Hall–Kier alpha value is -4.15. The van der Waals surface area contributed by atoms with Gasteiger partial charge in [-0.25, -0.2) is 0 Å². The van der Waals surface area contributed by atoms with Crippen molar-refractivity contribution in [2.24, 2.45) is 7.05 Å². The summed E-state index contributed by atoms with van der Waals surface area (Å²) < 4.78 is 15.0. The molecule has 1 aliphatic rings. The van der Waals surface area contributed by atoms with Crippen LogP contribution in [0.2, 0.25) is 0 Å². The van der Waals surface area contributed by atoms with Gasteiger partial charge in [-0.3, -0.25) is 14.4 Å². The summed E-state index contributed by atoms with van der Waals surface area (Å²) in [5, 5.41) is 13.4. The molecule has 2 aromatic heterocycles. The van der Waals surface area contributed by atoms with Crippen LogP contribution in [-0.2, 0) is 29.7 Å². The molecule has 0 saturated carbocycles. The molecule has 0 unspecified atom stereocenters. The van der Waals surface area contributed by atoms with Crippen molar-refractivity contribution >= 4 is 33.6 Å². The minimum atomic E-state index is -0.519. The topological polar surface area (TPSA) is 115 Å². The van der Waals surface area contributed by atoms with Crippen LogP contribution in [0.4, 0.5) is 0 Å². The van der Waals surface area contributed by atoms with Crippen LogP contribution >= 0.6 is 0 Å². The number of aromatic nitrogens is 2. The van der Waals surface area contributed by atoms with Crippen molar-refractivity contribution in [2.75, 3.05) is 33.4 Å². The molecular weight excluding hydrogens is 512 g/mol. The van der Waals surface area contributed by atoms with E-state index >= 15 is 0 Å². The van der Waals surface area contributed by atoms with Gasteiger partial charge in [-0.2, -0.15) is 0 Å². The first-order chi connectivity index (χ1) is 19.4. The fourth-order valence-electron chi connectivity index (χ4n) is 5.55. The maximum Gasteiger partial charge on any atom is 0.272 e. The van der Waals surface area contributed by atoms with Crippen LogP contribution in [-0.4, -0.2) is 70.4 Å². The lowest BCUT2D eigenvalue weighted by Crippen LogP contribution is -2.47. The minimum absolute atomic E-state index is 0.145. The molecule has 210 valence electrons. The van der Waals surface area contributed by atoms with Gasteiger partial charge in [0.1, 0.15) is 12.0 Å². The van der Waals surface area contributed by atoms with Crippen LogP contribution < -0.4 is 15.6 Å². The van der Waals surface area contributed by atoms with Crippen LogP contribution in [0.1, 0.15) is 28.9 Å². The lowest BCUT2D eigenvalue weighted by molar-refractivity contribution is -0.135. The number of ether oxygens (including phenoxy) is 2. The second kappa shape index (κ2) is 11.9. The van der Waals surface area contributed by atoms with E-state index in [1.54, 1.807) is 21.1 Å². The number of nitrogens with zero attached hydrogens (tertiary/aromatic N) is 3. The van der Waals surface area contributed by atoms with Crippen LogP contribution in [0.25, 0.3) is 21.8 Å². The number of piperidine rings is 1. The number of pyridine rings is 1. The van der Waals surface area contributed by atoms with E-state index in [2.05, 4.69) is 5.32 Å². The number of aryl methyl sites for hydroxylation is 1. The van der Waals surface area contributed by atoms with Crippen LogP contribution in [0.3, 0.4) is 0 Å². The zero-order chi connectivity index (χ0) is 28.2. The number of carbonyl (C=O) groups excluding carboxylic acids is 2. The molecule has 5 rings (SSSR count). The largest absolute Gasteiger partial charge is 0.493 e. The third-order valence-electron chi connectivity index (χ3n) is 7.57. The Morgan fingerprint density at radius 3 is 2.45 bits per heavy atom. The van der Waals surface area contributed by atoms with Crippen molar-refractivity contribution in [1.29, 1.82) is 0 Å². The van der Waals surface area contributed by atoms with Gasteiger partial charge in [0.2, 0.25) is 5.91 Å². The zero-order valence-corrected chi connectivity index (χ0v) is 22.8. The molecule has 0 bridgehead atoms. The summed E-state index contributed by atoms with van der Waals surface area (Å²) in [6.45, 7) is 1.52. The Kier molecular flexibility index (Phi) is 8.18. The first-order valence-electron chi connectivity index (χ1n) is 13.4. The standard InChI is InChI=1S/C30H34N4O6/c1-32-26-22-10-6-7-11-23(22)34(16-17-40-19-20-8-4-3-5-9-20)30(38)25(26)28(39-2)27(32)29(37)31-21-12-14-33(15-13-21)24(36)18-35/h3-11,21,35H,12-19H2,1-2H3,(H,31,37). The lowest BCUT2D eigenvalue weighted by atomic mass is 10.0. The predicted octanol–water partition coefficient (Wildman–Crippen LogP) is 2.43. The highest BCUT2D eigenvalue weighted by molar-refractivity contribution is 6.12. The minimum Gasteiger partial charge on any atom is -0.493 e. The Labute approximate surface area is 231 Å². The highest BCUT2D eigenvalue weighted by Gasteiger charge is 2.30. The summed E-state index contributed by atoms with van der Waals surface area (Å²) in [4.78, 5) is 40.9. The number of aliphatic hydroxyl groups is 1. The van der Waals surface area contributed by atoms with Gasteiger partial charge in [0.05, 0.1) is 31.4 Å². The molecule has 10 heteroatoms. The number of para-hydroxylation sites is 1. The van der Waals surface area contributed by atoms with Gasteiger partial charge in [0.15, 0.2) is 11.4 Å². The SMILES string of the molecule is COc1c(C(=O)NC2CCN(C(=O)CO)CC2)n(C)c2c1c(=O)n(CCOCc1ccccc1)c1ccccc21. The van der Waals surface area contributed by atoms with E-state index in [4.69, 9.17) is 14.6 Å². The average molecular weight is 547 g/mol. The van der Waals surface area contributed by atoms with Gasteiger partial charge >= 0.3 is 0 Å². The summed E-state index contributed by atoms with van der Waals surface area (Å²) in [6.07, 6.45) is 1.14. The summed E-state index contributed by atoms with van der Waals surface area (Å²) in [6, 6.07) is 17.3. The maximum atomic E-state index is 13.9. The zero-order valence-electron chi connectivity index (χ0n) is 22.8. The number of nitrogens with one attached hydrogen (secondary N) is 1. The lowest BCUT2D eigenvalue weighted by Gasteiger charge is -2.32. The highest BCUT2D eigenvalue weighted by atomic mass is 16.5. The molecule has 1 fully saturated rings. The Bertz CT molecular complexity index is 1590. The first kappa shape index (κ1) is 27.4. The molecule has 0 spiro atoms. The second-order valence-corrected chi connectivity index (χ2v) is 9.96. The van der Waals surface area contributed by atoms with E-state index in [9.17, 15) is 14.4 Å². The first-order valence-corrected chi connectivity index (χ1v) is 13.4. The van der Waals surface area contributed by atoms with Crippen LogP contribution in [0.5, 0.6) is 5.75 Å². The molecule has 0 radical (unpaired) electrons. The maximum absolute atomic E-state index is 13.9. The second-order valence-electron chi connectivity index (χ2n) is 9.96. The summed E-state index contributed by atoms with van der Waals surface area (Å²) in [5.74, 6) is -0.421. The van der Waals surface area contributed by atoms with Crippen molar-refractivity contribution in [1.82, 2.24) is 19.4 Å². The Morgan fingerprint density at radius 1 is 1.05 bits per heavy atom. The number of amides is 2. The summed E-state index contributed by atoms with van der Waals surface area (Å²) in [5.41, 5.74) is 2.46. The van der Waals surface area contributed by atoms with Gasteiger partial charge in [-0.15, -0.1) is 0 Å². The van der Waals surface area contributed by atoms with Crippen LogP contribution in [0.15, 0.2) is 59.4 Å².